The molecule has 1 aliphatic heterocycles. The number of amides is 1. The largest absolute Gasteiger partial charge is 0.368 e. The van der Waals surface area contributed by atoms with Crippen LogP contribution in [0.1, 0.15) is 30.0 Å². The summed E-state index contributed by atoms with van der Waals surface area (Å²) in [4.78, 5) is 18.6. The molecule has 1 aromatic rings. The van der Waals surface area contributed by atoms with Gasteiger partial charge < -0.3 is 9.64 Å². The van der Waals surface area contributed by atoms with Crippen LogP contribution in [0.4, 0.5) is 0 Å². The van der Waals surface area contributed by atoms with Crippen molar-refractivity contribution >= 4 is 21.8 Å². The minimum atomic E-state index is -0.323. The third-order valence-electron chi connectivity index (χ3n) is 3.05. The monoisotopic (exact) mass is 326 g/mol. The van der Waals surface area contributed by atoms with Crippen molar-refractivity contribution in [3.05, 3.63) is 29.6 Å². The maximum absolute atomic E-state index is 12.5. The SMILES string of the molecule is Cc1cccc(C(=O)N2CC(CBr)OC(C)(C)C2)n1. The van der Waals surface area contributed by atoms with Gasteiger partial charge in [0.25, 0.3) is 5.91 Å². The van der Waals surface area contributed by atoms with Crippen molar-refractivity contribution in [1.82, 2.24) is 9.88 Å². The summed E-state index contributed by atoms with van der Waals surface area (Å²) in [5.74, 6) is -0.0222. The molecule has 1 aromatic heterocycles. The molecule has 1 amide bonds. The molecular formula is C14H19BrN2O2. The van der Waals surface area contributed by atoms with Crippen molar-refractivity contribution in [1.29, 1.82) is 0 Å². The molecule has 0 aliphatic carbocycles. The van der Waals surface area contributed by atoms with Crippen molar-refractivity contribution in [3.63, 3.8) is 0 Å². The molecule has 19 heavy (non-hydrogen) atoms. The highest BCUT2D eigenvalue weighted by atomic mass is 79.9. The molecule has 1 saturated heterocycles. The summed E-state index contributed by atoms with van der Waals surface area (Å²) < 4.78 is 5.90. The fourth-order valence-corrected chi connectivity index (χ4v) is 2.69. The Kier molecular flexibility index (Phi) is 4.26. The van der Waals surface area contributed by atoms with Crippen LogP contribution in [0.2, 0.25) is 0 Å². The van der Waals surface area contributed by atoms with Crippen LogP contribution in [-0.4, -0.2) is 45.9 Å². The van der Waals surface area contributed by atoms with Crippen LogP contribution in [-0.2, 0) is 4.74 Å². The van der Waals surface area contributed by atoms with Gasteiger partial charge in [0.1, 0.15) is 5.69 Å². The summed E-state index contributed by atoms with van der Waals surface area (Å²) in [5.41, 5.74) is 1.04. The van der Waals surface area contributed by atoms with Crippen LogP contribution >= 0.6 is 15.9 Å². The van der Waals surface area contributed by atoms with E-state index in [2.05, 4.69) is 20.9 Å². The number of hydrogen-bond donors (Lipinski definition) is 0. The molecule has 2 rings (SSSR count). The number of aryl methyl sites for hydroxylation is 1. The third-order valence-corrected chi connectivity index (χ3v) is 3.77. The van der Waals surface area contributed by atoms with Crippen molar-refractivity contribution in [2.45, 2.75) is 32.5 Å². The molecule has 4 nitrogen and oxygen atoms in total. The highest BCUT2D eigenvalue weighted by Crippen LogP contribution is 2.23. The Morgan fingerprint density at radius 1 is 1.58 bits per heavy atom. The minimum absolute atomic E-state index is 0.0222. The molecule has 5 heteroatoms. The highest BCUT2D eigenvalue weighted by Gasteiger charge is 2.35. The number of rotatable bonds is 2. The molecule has 1 atom stereocenters. The third kappa shape index (κ3) is 3.54. The maximum Gasteiger partial charge on any atom is 0.272 e. The first-order chi connectivity index (χ1) is 8.91. The van der Waals surface area contributed by atoms with Gasteiger partial charge in [-0.2, -0.15) is 0 Å². The standard InChI is InChI=1S/C14H19BrN2O2/c1-10-5-4-6-12(16-10)13(18)17-8-11(7-15)19-14(2,3)9-17/h4-6,11H,7-9H2,1-3H3. The van der Waals surface area contributed by atoms with Crippen molar-refractivity contribution in [3.8, 4) is 0 Å². The molecule has 0 N–H and O–H groups in total. The zero-order valence-electron chi connectivity index (χ0n) is 11.5. The van der Waals surface area contributed by atoms with Gasteiger partial charge in [-0.1, -0.05) is 22.0 Å². The highest BCUT2D eigenvalue weighted by molar-refractivity contribution is 9.09. The minimum Gasteiger partial charge on any atom is -0.368 e. The molecule has 0 aromatic carbocycles. The molecular weight excluding hydrogens is 308 g/mol. The molecule has 1 aliphatic rings. The fourth-order valence-electron chi connectivity index (χ4n) is 2.35. The van der Waals surface area contributed by atoms with Gasteiger partial charge in [-0.25, -0.2) is 4.98 Å². The summed E-state index contributed by atoms with van der Waals surface area (Å²) in [6.45, 7) is 7.09. The summed E-state index contributed by atoms with van der Waals surface area (Å²) in [6.07, 6.45) is 0.0255. The van der Waals surface area contributed by atoms with E-state index in [9.17, 15) is 4.79 Å². The predicted octanol–water partition coefficient (Wildman–Crippen LogP) is 2.40. The number of pyridine rings is 1. The van der Waals surface area contributed by atoms with Crippen molar-refractivity contribution < 1.29 is 9.53 Å². The lowest BCUT2D eigenvalue weighted by atomic mass is 10.1. The Bertz CT molecular complexity index is 476. The van der Waals surface area contributed by atoms with E-state index in [1.54, 1.807) is 6.07 Å². The first kappa shape index (κ1) is 14.5. The van der Waals surface area contributed by atoms with E-state index in [4.69, 9.17) is 4.74 Å². The molecule has 2 heterocycles. The number of morpholine rings is 1. The van der Waals surface area contributed by atoms with Gasteiger partial charge in [0.15, 0.2) is 0 Å². The van der Waals surface area contributed by atoms with E-state index >= 15 is 0 Å². The lowest BCUT2D eigenvalue weighted by molar-refractivity contribution is -0.116. The van der Waals surface area contributed by atoms with Gasteiger partial charge in [-0.15, -0.1) is 0 Å². The molecule has 0 radical (unpaired) electrons. The number of halogens is 1. The van der Waals surface area contributed by atoms with Crippen LogP contribution in [0.25, 0.3) is 0 Å². The first-order valence-electron chi connectivity index (χ1n) is 6.38. The van der Waals surface area contributed by atoms with E-state index < -0.39 is 0 Å². The van der Waals surface area contributed by atoms with Gasteiger partial charge in [0, 0.05) is 24.1 Å². The number of carbonyl (C=O) groups is 1. The second-order valence-corrected chi connectivity index (χ2v) is 6.15. The van der Waals surface area contributed by atoms with Crippen LogP contribution in [0.3, 0.4) is 0 Å². The first-order valence-corrected chi connectivity index (χ1v) is 7.50. The fraction of sp³-hybridized carbons (Fsp3) is 0.571. The smallest absolute Gasteiger partial charge is 0.272 e. The Balaban J connectivity index is 2.18. The lowest BCUT2D eigenvalue weighted by Crippen LogP contribution is -2.55. The maximum atomic E-state index is 12.5. The van der Waals surface area contributed by atoms with E-state index in [1.165, 1.54) is 0 Å². The second kappa shape index (κ2) is 5.59. The molecule has 0 saturated carbocycles. The number of nitrogens with zero attached hydrogens (tertiary/aromatic N) is 2. The predicted molar refractivity (Wildman–Crippen MR) is 77.6 cm³/mol. The topological polar surface area (TPSA) is 42.4 Å². The average molecular weight is 327 g/mol. The van der Waals surface area contributed by atoms with Gasteiger partial charge in [0.2, 0.25) is 0 Å². The van der Waals surface area contributed by atoms with Crippen molar-refractivity contribution in [2.75, 3.05) is 18.4 Å². The Morgan fingerprint density at radius 3 is 2.95 bits per heavy atom. The zero-order valence-corrected chi connectivity index (χ0v) is 13.1. The quantitative estimate of drug-likeness (QED) is 0.784. The van der Waals surface area contributed by atoms with Crippen LogP contribution in [0.15, 0.2) is 18.2 Å². The molecule has 1 unspecified atom stereocenters. The number of hydrogen-bond acceptors (Lipinski definition) is 3. The Morgan fingerprint density at radius 2 is 2.32 bits per heavy atom. The summed E-state index contributed by atoms with van der Waals surface area (Å²) in [6, 6.07) is 5.52. The summed E-state index contributed by atoms with van der Waals surface area (Å²) >= 11 is 3.43. The van der Waals surface area contributed by atoms with Crippen LogP contribution < -0.4 is 0 Å². The van der Waals surface area contributed by atoms with Gasteiger partial charge in [0.05, 0.1) is 11.7 Å². The van der Waals surface area contributed by atoms with Crippen molar-refractivity contribution in [2.24, 2.45) is 0 Å². The van der Waals surface area contributed by atoms with E-state index in [1.807, 2.05) is 37.8 Å². The van der Waals surface area contributed by atoms with Crippen LogP contribution in [0, 0.1) is 6.92 Å². The van der Waals surface area contributed by atoms with Gasteiger partial charge in [-0.3, -0.25) is 4.79 Å². The molecule has 0 bridgehead atoms. The zero-order chi connectivity index (χ0) is 14.0. The number of ether oxygens (including phenoxy) is 1. The number of aromatic nitrogens is 1. The normalized spacial score (nSPS) is 22.3. The second-order valence-electron chi connectivity index (χ2n) is 5.50. The molecule has 0 spiro atoms. The van der Waals surface area contributed by atoms with Gasteiger partial charge >= 0.3 is 0 Å². The summed E-state index contributed by atoms with van der Waals surface area (Å²) in [7, 11) is 0. The van der Waals surface area contributed by atoms with Crippen LogP contribution in [0.5, 0.6) is 0 Å². The molecule has 1 fully saturated rings. The molecule has 104 valence electrons. The average Bonchev–Trinajstić information content (AvgIpc) is 2.36. The Hall–Kier alpha value is -0.940. The van der Waals surface area contributed by atoms with Gasteiger partial charge in [-0.05, 0) is 32.9 Å². The number of carbonyl (C=O) groups excluding carboxylic acids is 1. The lowest BCUT2D eigenvalue weighted by Gasteiger charge is -2.42. The summed E-state index contributed by atoms with van der Waals surface area (Å²) in [5, 5.41) is 0.724. The Labute approximate surface area is 122 Å². The van der Waals surface area contributed by atoms with E-state index in [0.717, 1.165) is 11.0 Å². The van der Waals surface area contributed by atoms with E-state index in [-0.39, 0.29) is 17.6 Å². The number of alkyl halides is 1. The van der Waals surface area contributed by atoms with E-state index in [0.29, 0.717) is 18.8 Å².